The van der Waals surface area contributed by atoms with E-state index in [1.807, 2.05) is 0 Å². The van der Waals surface area contributed by atoms with Gasteiger partial charge in [-0.1, -0.05) is 6.07 Å². The van der Waals surface area contributed by atoms with Gasteiger partial charge in [0.15, 0.2) is 11.5 Å². The molecule has 6 N–H and O–H groups in total. The van der Waals surface area contributed by atoms with Crippen LogP contribution >= 0.6 is 0 Å². The number of aromatic hydroxyl groups is 3. The third-order valence-corrected chi connectivity index (χ3v) is 4.37. The SMILES string of the molecule is O.Oc1ccc2c(c1)OC[C@]1(O)Cc3cc(O)c(O)cc3[C@H]21. The Kier molecular flexibility index (Phi) is 2.98. The minimum absolute atomic E-state index is 0. The van der Waals surface area contributed by atoms with Crippen LogP contribution in [0.15, 0.2) is 30.3 Å². The first-order chi connectivity index (χ1) is 9.98. The Morgan fingerprint density at radius 3 is 2.50 bits per heavy atom. The molecule has 0 unspecified atom stereocenters. The van der Waals surface area contributed by atoms with E-state index in [9.17, 15) is 20.4 Å². The molecule has 22 heavy (non-hydrogen) atoms. The molecule has 2 aromatic carbocycles. The molecule has 2 aromatic rings. The summed E-state index contributed by atoms with van der Waals surface area (Å²) in [4.78, 5) is 0. The van der Waals surface area contributed by atoms with Crippen molar-refractivity contribution in [2.45, 2.75) is 17.9 Å². The monoisotopic (exact) mass is 304 g/mol. The van der Waals surface area contributed by atoms with Gasteiger partial charge < -0.3 is 30.6 Å². The number of hydrogen-bond acceptors (Lipinski definition) is 5. The summed E-state index contributed by atoms with van der Waals surface area (Å²) in [5.41, 5.74) is 1.24. The Morgan fingerprint density at radius 2 is 1.73 bits per heavy atom. The van der Waals surface area contributed by atoms with Crippen LogP contribution in [-0.4, -0.2) is 38.1 Å². The third-order valence-electron chi connectivity index (χ3n) is 4.37. The summed E-state index contributed by atoms with van der Waals surface area (Å²) in [6.45, 7) is 0.102. The van der Waals surface area contributed by atoms with Crippen LogP contribution in [0.2, 0.25) is 0 Å². The molecular formula is C16H16O6. The zero-order valence-electron chi connectivity index (χ0n) is 11.6. The lowest BCUT2D eigenvalue weighted by Crippen LogP contribution is -2.43. The van der Waals surface area contributed by atoms with Crippen LogP contribution in [-0.2, 0) is 6.42 Å². The van der Waals surface area contributed by atoms with Crippen LogP contribution < -0.4 is 4.74 Å². The Morgan fingerprint density at radius 1 is 1.00 bits per heavy atom. The van der Waals surface area contributed by atoms with E-state index in [0.29, 0.717) is 12.2 Å². The molecule has 0 saturated heterocycles. The van der Waals surface area contributed by atoms with Crippen molar-refractivity contribution in [3.8, 4) is 23.0 Å². The first-order valence-electron chi connectivity index (χ1n) is 6.71. The molecule has 0 aromatic heterocycles. The number of ether oxygens (including phenoxy) is 1. The molecule has 0 amide bonds. The van der Waals surface area contributed by atoms with E-state index >= 15 is 0 Å². The first-order valence-corrected chi connectivity index (χ1v) is 6.71. The number of benzene rings is 2. The van der Waals surface area contributed by atoms with Gasteiger partial charge in [-0.3, -0.25) is 0 Å². The van der Waals surface area contributed by atoms with Crippen molar-refractivity contribution in [2.24, 2.45) is 0 Å². The van der Waals surface area contributed by atoms with Gasteiger partial charge in [-0.15, -0.1) is 0 Å². The van der Waals surface area contributed by atoms with E-state index in [0.717, 1.165) is 16.7 Å². The third kappa shape index (κ3) is 1.81. The number of rotatable bonds is 0. The molecule has 0 saturated carbocycles. The Bertz CT molecular complexity index is 757. The lowest BCUT2D eigenvalue weighted by atomic mass is 9.80. The summed E-state index contributed by atoms with van der Waals surface area (Å²) in [7, 11) is 0. The number of aliphatic hydroxyl groups is 1. The fourth-order valence-corrected chi connectivity index (χ4v) is 3.46. The van der Waals surface area contributed by atoms with Gasteiger partial charge in [0.05, 0.1) is 0 Å². The average molecular weight is 304 g/mol. The smallest absolute Gasteiger partial charge is 0.157 e. The molecule has 2 aliphatic rings. The summed E-state index contributed by atoms with van der Waals surface area (Å²) in [5, 5.41) is 39.8. The Hall–Kier alpha value is -2.44. The molecule has 0 fully saturated rings. The number of hydrogen-bond donors (Lipinski definition) is 4. The van der Waals surface area contributed by atoms with Gasteiger partial charge in [-0.25, -0.2) is 0 Å². The maximum atomic E-state index is 10.9. The number of phenols is 3. The fourth-order valence-electron chi connectivity index (χ4n) is 3.46. The van der Waals surface area contributed by atoms with E-state index in [-0.39, 0.29) is 35.2 Å². The number of fused-ring (bicyclic) bond motifs is 5. The quantitative estimate of drug-likeness (QED) is 0.536. The summed E-state index contributed by atoms with van der Waals surface area (Å²) < 4.78 is 5.58. The molecule has 4 rings (SSSR count). The predicted octanol–water partition coefficient (Wildman–Crippen LogP) is 0.790. The first kappa shape index (κ1) is 14.5. The summed E-state index contributed by atoms with van der Waals surface area (Å²) in [5.74, 6) is -0.105. The van der Waals surface area contributed by atoms with Crippen LogP contribution in [0.4, 0.5) is 0 Å². The highest BCUT2D eigenvalue weighted by Crippen LogP contribution is 2.52. The largest absolute Gasteiger partial charge is 0.508 e. The summed E-state index contributed by atoms with van der Waals surface area (Å²) in [6.07, 6.45) is 0.348. The second-order valence-electron chi connectivity index (χ2n) is 5.76. The van der Waals surface area contributed by atoms with Gasteiger partial charge in [-0.05, 0) is 29.3 Å². The van der Waals surface area contributed by atoms with Gasteiger partial charge in [0, 0.05) is 24.0 Å². The molecular weight excluding hydrogens is 288 g/mol. The highest BCUT2D eigenvalue weighted by molar-refractivity contribution is 5.58. The lowest BCUT2D eigenvalue weighted by Gasteiger charge is -2.36. The van der Waals surface area contributed by atoms with E-state index in [1.165, 1.54) is 18.2 Å². The molecule has 1 aliphatic heterocycles. The van der Waals surface area contributed by atoms with Crippen molar-refractivity contribution in [2.75, 3.05) is 6.61 Å². The van der Waals surface area contributed by atoms with Crippen molar-refractivity contribution in [1.82, 2.24) is 0 Å². The van der Waals surface area contributed by atoms with Crippen molar-refractivity contribution >= 4 is 0 Å². The molecule has 0 spiro atoms. The van der Waals surface area contributed by atoms with Crippen LogP contribution in [0.3, 0.4) is 0 Å². The maximum absolute atomic E-state index is 10.9. The minimum Gasteiger partial charge on any atom is -0.508 e. The van der Waals surface area contributed by atoms with E-state index in [2.05, 4.69) is 0 Å². The van der Waals surface area contributed by atoms with Gasteiger partial charge in [0.25, 0.3) is 0 Å². The predicted molar refractivity (Wildman–Crippen MR) is 77.5 cm³/mol. The van der Waals surface area contributed by atoms with Crippen LogP contribution in [0.25, 0.3) is 0 Å². The molecule has 1 aliphatic carbocycles. The molecule has 116 valence electrons. The molecule has 1 heterocycles. The van der Waals surface area contributed by atoms with E-state index < -0.39 is 5.60 Å². The van der Waals surface area contributed by atoms with Gasteiger partial charge in [0.2, 0.25) is 0 Å². The molecule has 0 radical (unpaired) electrons. The zero-order chi connectivity index (χ0) is 14.8. The second-order valence-corrected chi connectivity index (χ2v) is 5.76. The van der Waals surface area contributed by atoms with Crippen molar-refractivity contribution in [1.29, 1.82) is 0 Å². The lowest BCUT2D eigenvalue weighted by molar-refractivity contribution is -0.0218. The van der Waals surface area contributed by atoms with Gasteiger partial charge in [-0.2, -0.15) is 0 Å². The number of phenolic OH excluding ortho intramolecular Hbond substituents is 3. The second kappa shape index (κ2) is 4.53. The topological polar surface area (TPSA) is 122 Å². The highest BCUT2D eigenvalue weighted by atomic mass is 16.5. The van der Waals surface area contributed by atoms with Gasteiger partial charge in [0.1, 0.15) is 23.7 Å². The Balaban J connectivity index is 0.00000144. The Labute approximate surface area is 126 Å². The molecule has 0 bridgehead atoms. The van der Waals surface area contributed by atoms with Crippen molar-refractivity contribution in [3.05, 3.63) is 47.0 Å². The fraction of sp³-hybridized carbons (Fsp3) is 0.250. The minimum atomic E-state index is -1.10. The zero-order valence-corrected chi connectivity index (χ0v) is 11.6. The van der Waals surface area contributed by atoms with Crippen molar-refractivity contribution in [3.63, 3.8) is 0 Å². The van der Waals surface area contributed by atoms with Crippen LogP contribution in [0.5, 0.6) is 23.0 Å². The summed E-state index contributed by atoms with van der Waals surface area (Å²) in [6, 6.07) is 7.77. The normalized spacial score (nSPS) is 24.5. The summed E-state index contributed by atoms with van der Waals surface area (Å²) >= 11 is 0. The highest BCUT2D eigenvalue weighted by Gasteiger charge is 2.50. The van der Waals surface area contributed by atoms with Crippen LogP contribution in [0, 0.1) is 0 Å². The molecule has 2 atom stereocenters. The standard InChI is InChI=1S/C16H14O5.H2O/c17-9-1-2-10-14(4-9)21-7-16(20)6-8-3-12(18)13(19)5-11(8)15(10)16;/h1-5,15,17-20H,6-7H2;1H2/t15-,16+;/m0./s1. The maximum Gasteiger partial charge on any atom is 0.157 e. The van der Waals surface area contributed by atoms with Gasteiger partial charge >= 0.3 is 0 Å². The average Bonchev–Trinajstić information content (AvgIpc) is 2.71. The van der Waals surface area contributed by atoms with E-state index in [4.69, 9.17) is 4.74 Å². The van der Waals surface area contributed by atoms with E-state index in [1.54, 1.807) is 12.1 Å². The van der Waals surface area contributed by atoms with Crippen LogP contribution in [0.1, 0.15) is 22.6 Å². The molecule has 6 nitrogen and oxygen atoms in total. The molecule has 6 heteroatoms. The van der Waals surface area contributed by atoms with Crippen molar-refractivity contribution < 1.29 is 30.6 Å².